The van der Waals surface area contributed by atoms with Crippen LogP contribution in [-0.2, 0) is 0 Å². The third-order valence-corrected chi connectivity index (χ3v) is 4.56. The highest BCUT2D eigenvalue weighted by atomic mass is 79.9. The van der Waals surface area contributed by atoms with Crippen molar-refractivity contribution in [2.45, 2.75) is 18.7 Å². The molecule has 0 fully saturated rings. The summed E-state index contributed by atoms with van der Waals surface area (Å²) in [5.41, 5.74) is 1.50. The van der Waals surface area contributed by atoms with Gasteiger partial charge in [0, 0.05) is 21.4 Å². The lowest BCUT2D eigenvalue weighted by atomic mass is 10.0. The van der Waals surface area contributed by atoms with Gasteiger partial charge in [0.15, 0.2) is 0 Å². The monoisotopic (exact) mass is 316 g/mol. The van der Waals surface area contributed by atoms with E-state index >= 15 is 0 Å². The number of hydrogen-bond donors (Lipinski definition) is 0. The molecule has 0 spiro atoms. The predicted octanol–water partition coefficient (Wildman–Crippen LogP) is 5.13. The van der Waals surface area contributed by atoms with Crippen LogP contribution in [0.5, 0.6) is 0 Å². The van der Waals surface area contributed by atoms with Crippen molar-refractivity contribution >= 4 is 27.3 Å². The summed E-state index contributed by atoms with van der Waals surface area (Å²) in [5, 5.41) is 0. The summed E-state index contributed by atoms with van der Waals surface area (Å²) in [6, 6.07) is 5.71. The highest BCUT2D eigenvalue weighted by molar-refractivity contribution is 9.09. The normalized spacial score (nSPS) is 12.8. The Labute approximate surface area is 111 Å². The first-order valence-electron chi connectivity index (χ1n) is 5.15. The zero-order valence-electron chi connectivity index (χ0n) is 9.43. The molecule has 0 saturated heterocycles. The van der Waals surface area contributed by atoms with Gasteiger partial charge in [-0.2, -0.15) is 0 Å². The molecular weight excluding hydrogens is 306 g/mol. The van der Waals surface area contributed by atoms with Gasteiger partial charge in [-0.1, -0.05) is 22.0 Å². The van der Waals surface area contributed by atoms with Crippen molar-refractivity contribution in [3.63, 3.8) is 0 Å². The molecule has 0 aliphatic rings. The minimum atomic E-state index is -0.552. The maximum absolute atomic E-state index is 13.7. The SMILES string of the molecule is Cc1cc(C(Br)c2ccc(F)cc2F)c(C)s1. The molecule has 0 bridgehead atoms. The molecule has 4 heteroatoms. The summed E-state index contributed by atoms with van der Waals surface area (Å²) in [6.45, 7) is 4.02. The molecule has 90 valence electrons. The molecule has 2 rings (SSSR count). The van der Waals surface area contributed by atoms with Gasteiger partial charge in [0.2, 0.25) is 0 Å². The molecule has 2 aromatic rings. The van der Waals surface area contributed by atoms with Crippen molar-refractivity contribution in [3.8, 4) is 0 Å². The van der Waals surface area contributed by atoms with Gasteiger partial charge in [-0.3, -0.25) is 0 Å². The standard InChI is InChI=1S/C13H11BrF2S/c1-7-5-11(8(2)17-7)13(14)10-4-3-9(15)6-12(10)16/h3-6,13H,1-2H3. The van der Waals surface area contributed by atoms with Crippen LogP contribution in [0, 0.1) is 25.5 Å². The Kier molecular flexibility index (Phi) is 3.64. The smallest absolute Gasteiger partial charge is 0.130 e. The van der Waals surface area contributed by atoms with Crippen LogP contribution in [0.25, 0.3) is 0 Å². The summed E-state index contributed by atoms with van der Waals surface area (Å²) >= 11 is 5.15. The molecule has 0 radical (unpaired) electrons. The van der Waals surface area contributed by atoms with Crippen molar-refractivity contribution in [2.75, 3.05) is 0 Å². The minimum absolute atomic E-state index is 0.229. The van der Waals surface area contributed by atoms with E-state index in [0.717, 1.165) is 16.5 Å². The summed E-state index contributed by atoms with van der Waals surface area (Å²) in [5.74, 6) is -1.07. The second-order valence-electron chi connectivity index (χ2n) is 3.90. The zero-order chi connectivity index (χ0) is 12.6. The average Bonchev–Trinajstić information content (AvgIpc) is 2.57. The van der Waals surface area contributed by atoms with Crippen molar-refractivity contribution in [3.05, 3.63) is 56.8 Å². The van der Waals surface area contributed by atoms with E-state index in [1.54, 1.807) is 11.3 Å². The second-order valence-corrected chi connectivity index (χ2v) is 6.27. The molecule has 0 saturated carbocycles. The molecule has 0 N–H and O–H groups in total. The van der Waals surface area contributed by atoms with Crippen LogP contribution < -0.4 is 0 Å². The molecule has 1 atom stereocenters. The highest BCUT2D eigenvalue weighted by Crippen LogP contribution is 2.37. The summed E-state index contributed by atoms with van der Waals surface area (Å²) < 4.78 is 26.5. The quantitative estimate of drug-likeness (QED) is 0.674. The Morgan fingerprint density at radius 3 is 2.35 bits per heavy atom. The van der Waals surface area contributed by atoms with E-state index in [0.29, 0.717) is 5.56 Å². The van der Waals surface area contributed by atoms with E-state index in [2.05, 4.69) is 15.9 Å². The van der Waals surface area contributed by atoms with E-state index in [1.807, 2.05) is 19.9 Å². The lowest BCUT2D eigenvalue weighted by Crippen LogP contribution is -1.97. The summed E-state index contributed by atoms with van der Waals surface area (Å²) in [4.78, 5) is 2.10. The third kappa shape index (κ3) is 2.58. The van der Waals surface area contributed by atoms with Crippen LogP contribution in [0.15, 0.2) is 24.3 Å². The van der Waals surface area contributed by atoms with E-state index in [1.165, 1.54) is 17.0 Å². The van der Waals surface area contributed by atoms with Gasteiger partial charge in [0.25, 0.3) is 0 Å². The van der Waals surface area contributed by atoms with Crippen LogP contribution in [0.1, 0.15) is 25.7 Å². The fraction of sp³-hybridized carbons (Fsp3) is 0.231. The van der Waals surface area contributed by atoms with Crippen molar-refractivity contribution in [1.29, 1.82) is 0 Å². The van der Waals surface area contributed by atoms with E-state index < -0.39 is 11.6 Å². The molecule has 1 aromatic carbocycles. The van der Waals surface area contributed by atoms with Gasteiger partial charge >= 0.3 is 0 Å². The molecule has 0 nitrogen and oxygen atoms in total. The largest absolute Gasteiger partial charge is 0.207 e. The second kappa shape index (κ2) is 4.86. The number of rotatable bonds is 2. The Morgan fingerprint density at radius 2 is 1.82 bits per heavy atom. The van der Waals surface area contributed by atoms with E-state index in [4.69, 9.17) is 0 Å². The maximum Gasteiger partial charge on any atom is 0.130 e. The molecule has 1 aromatic heterocycles. The van der Waals surface area contributed by atoms with Gasteiger partial charge in [-0.15, -0.1) is 11.3 Å². The third-order valence-electron chi connectivity index (χ3n) is 2.59. The van der Waals surface area contributed by atoms with E-state index in [-0.39, 0.29) is 4.83 Å². The molecular formula is C13H11BrF2S. The number of benzene rings is 1. The predicted molar refractivity (Wildman–Crippen MR) is 70.9 cm³/mol. The van der Waals surface area contributed by atoms with E-state index in [9.17, 15) is 8.78 Å². The number of hydrogen-bond acceptors (Lipinski definition) is 1. The van der Waals surface area contributed by atoms with Crippen LogP contribution in [0.4, 0.5) is 8.78 Å². The lowest BCUT2D eigenvalue weighted by molar-refractivity contribution is 0.574. The summed E-state index contributed by atoms with van der Waals surface area (Å²) in [6.07, 6.45) is 0. The topological polar surface area (TPSA) is 0 Å². The van der Waals surface area contributed by atoms with Crippen LogP contribution in [0.2, 0.25) is 0 Å². The first kappa shape index (κ1) is 12.7. The number of aryl methyl sites for hydroxylation is 2. The Bertz CT molecular complexity index is 548. The summed E-state index contributed by atoms with van der Waals surface area (Å²) in [7, 11) is 0. The Balaban J connectivity index is 2.43. The molecule has 0 aliphatic carbocycles. The van der Waals surface area contributed by atoms with Gasteiger partial charge in [0.05, 0.1) is 4.83 Å². The number of halogens is 3. The molecule has 1 heterocycles. The average molecular weight is 317 g/mol. The molecule has 17 heavy (non-hydrogen) atoms. The highest BCUT2D eigenvalue weighted by Gasteiger charge is 2.18. The fourth-order valence-corrected chi connectivity index (χ4v) is 3.74. The minimum Gasteiger partial charge on any atom is -0.207 e. The fourth-order valence-electron chi connectivity index (χ4n) is 1.78. The van der Waals surface area contributed by atoms with Gasteiger partial charge in [-0.25, -0.2) is 8.78 Å². The molecule has 0 aliphatic heterocycles. The van der Waals surface area contributed by atoms with Gasteiger partial charge < -0.3 is 0 Å². The van der Waals surface area contributed by atoms with Gasteiger partial charge in [0.1, 0.15) is 11.6 Å². The first-order valence-corrected chi connectivity index (χ1v) is 6.88. The lowest BCUT2D eigenvalue weighted by Gasteiger charge is -2.11. The number of alkyl halides is 1. The van der Waals surface area contributed by atoms with Crippen LogP contribution in [-0.4, -0.2) is 0 Å². The molecule has 1 unspecified atom stereocenters. The van der Waals surface area contributed by atoms with Crippen molar-refractivity contribution in [1.82, 2.24) is 0 Å². The number of thiophene rings is 1. The van der Waals surface area contributed by atoms with Crippen molar-refractivity contribution in [2.24, 2.45) is 0 Å². The first-order chi connectivity index (χ1) is 7.99. The Hall–Kier alpha value is -0.740. The maximum atomic E-state index is 13.7. The van der Waals surface area contributed by atoms with Crippen molar-refractivity contribution < 1.29 is 8.78 Å². The molecule has 0 amide bonds. The van der Waals surface area contributed by atoms with Gasteiger partial charge in [-0.05, 0) is 31.5 Å². The zero-order valence-corrected chi connectivity index (χ0v) is 11.8. The van der Waals surface area contributed by atoms with Crippen LogP contribution >= 0.6 is 27.3 Å². The Morgan fingerprint density at radius 1 is 1.12 bits per heavy atom. The van der Waals surface area contributed by atoms with Crippen LogP contribution in [0.3, 0.4) is 0 Å².